The Kier molecular flexibility index (Phi) is 4.83. The number of methoxy groups -OCH3 is 1. The van der Waals surface area contributed by atoms with E-state index in [0.717, 1.165) is 0 Å². The number of rotatable bonds is 4. The van der Waals surface area contributed by atoms with Gasteiger partial charge in [-0.15, -0.1) is 0 Å². The molecule has 2 aromatic rings. The molecule has 0 heterocycles. The summed E-state index contributed by atoms with van der Waals surface area (Å²) in [6.45, 7) is 0. The second-order valence-electron chi connectivity index (χ2n) is 4.01. The van der Waals surface area contributed by atoms with Crippen LogP contribution in [0.15, 0.2) is 36.4 Å². The number of ether oxygens (including phenoxy) is 2. The molecule has 2 aromatic carbocycles. The zero-order valence-corrected chi connectivity index (χ0v) is 12.4. The topological polar surface area (TPSA) is 52.6 Å². The first-order chi connectivity index (χ1) is 10.1. The van der Waals surface area contributed by atoms with Crippen LogP contribution in [0.25, 0.3) is 0 Å². The minimum absolute atomic E-state index is 0.0472. The summed E-state index contributed by atoms with van der Waals surface area (Å²) in [6, 6.07) is 9.12. The van der Waals surface area contributed by atoms with Gasteiger partial charge in [-0.2, -0.15) is 0 Å². The van der Waals surface area contributed by atoms with Gasteiger partial charge in [0.2, 0.25) is 0 Å². The number of para-hydroxylation sites is 1. The molecule has 0 aliphatic heterocycles. The van der Waals surface area contributed by atoms with E-state index in [0.29, 0.717) is 11.3 Å². The smallest absolute Gasteiger partial charge is 0.345 e. The first kappa shape index (κ1) is 15.4. The summed E-state index contributed by atoms with van der Waals surface area (Å²) in [6.07, 6.45) is 0.578. The van der Waals surface area contributed by atoms with Crippen LogP contribution in [0.2, 0.25) is 10.0 Å². The highest BCUT2D eigenvalue weighted by Gasteiger charge is 2.18. The minimum atomic E-state index is -0.704. The van der Waals surface area contributed by atoms with Crippen molar-refractivity contribution < 1.29 is 19.1 Å². The van der Waals surface area contributed by atoms with E-state index in [1.165, 1.54) is 31.4 Å². The largest absolute Gasteiger partial charge is 0.493 e. The van der Waals surface area contributed by atoms with Crippen molar-refractivity contribution in [3.63, 3.8) is 0 Å². The molecule has 0 fully saturated rings. The van der Waals surface area contributed by atoms with Gasteiger partial charge < -0.3 is 9.47 Å². The fourth-order valence-electron chi connectivity index (χ4n) is 1.70. The van der Waals surface area contributed by atoms with Crippen LogP contribution < -0.4 is 9.47 Å². The van der Waals surface area contributed by atoms with Gasteiger partial charge in [0.25, 0.3) is 0 Å². The summed E-state index contributed by atoms with van der Waals surface area (Å²) in [4.78, 5) is 23.2. The molecule has 0 spiro atoms. The zero-order chi connectivity index (χ0) is 15.4. The average Bonchev–Trinajstić information content (AvgIpc) is 2.47. The molecule has 0 unspecified atom stereocenters. The Morgan fingerprint density at radius 1 is 1.19 bits per heavy atom. The Hall–Kier alpha value is -2.04. The molecule has 0 amide bonds. The lowest BCUT2D eigenvalue weighted by molar-refractivity contribution is 0.0728. The van der Waals surface area contributed by atoms with Gasteiger partial charge in [0.15, 0.2) is 17.8 Å². The van der Waals surface area contributed by atoms with Crippen molar-refractivity contribution in [3.05, 3.63) is 57.6 Å². The van der Waals surface area contributed by atoms with E-state index < -0.39 is 5.97 Å². The number of esters is 1. The first-order valence-corrected chi connectivity index (χ1v) is 6.62. The maximum atomic E-state index is 12.2. The molecule has 0 saturated heterocycles. The molecule has 2 rings (SSSR count). The SMILES string of the molecule is COc1cccc(C=O)c1OC(=O)c1ccc(Cl)cc1Cl. The van der Waals surface area contributed by atoms with Crippen molar-refractivity contribution in [1.82, 2.24) is 0 Å². The Morgan fingerprint density at radius 3 is 2.57 bits per heavy atom. The standard InChI is InChI=1S/C15H10Cl2O4/c1-20-13-4-2-3-9(8-18)14(13)21-15(19)11-6-5-10(16)7-12(11)17/h2-8H,1H3. The highest BCUT2D eigenvalue weighted by atomic mass is 35.5. The van der Waals surface area contributed by atoms with Crippen molar-refractivity contribution >= 4 is 35.5 Å². The Balaban J connectivity index is 2.37. The lowest BCUT2D eigenvalue weighted by Crippen LogP contribution is -2.11. The van der Waals surface area contributed by atoms with Crippen LogP contribution in [-0.4, -0.2) is 19.4 Å². The molecular weight excluding hydrogens is 315 g/mol. The van der Waals surface area contributed by atoms with Gasteiger partial charge in [0.1, 0.15) is 0 Å². The van der Waals surface area contributed by atoms with Crippen LogP contribution in [0, 0.1) is 0 Å². The summed E-state index contributed by atoms with van der Waals surface area (Å²) < 4.78 is 10.3. The molecule has 4 nitrogen and oxygen atoms in total. The molecular formula is C15H10Cl2O4. The van der Waals surface area contributed by atoms with Crippen molar-refractivity contribution in [2.45, 2.75) is 0 Å². The Labute approximate surface area is 131 Å². The number of carbonyl (C=O) groups is 2. The van der Waals surface area contributed by atoms with E-state index in [4.69, 9.17) is 32.7 Å². The van der Waals surface area contributed by atoms with Crippen molar-refractivity contribution in [1.29, 1.82) is 0 Å². The third-order valence-corrected chi connectivity index (χ3v) is 3.25. The van der Waals surface area contributed by atoms with Crippen LogP contribution in [-0.2, 0) is 0 Å². The first-order valence-electron chi connectivity index (χ1n) is 5.86. The van der Waals surface area contributed by atoms with Crippen LogP contribution in [0.5, 0.6) is 11.5 Å². The van der Waals surface area contributed by atoms with Gasteiger partial charge in [-0.3, -0.25) is 4.79 Å². The monoisotopic (exact) mass is 324 g/mol. The van der Waals surface area contributed by atoms with E-state index in [2.05, 4.69) is 0 Å². The van der Waals surface area contributed by atoms with Crippen LogP contribution >= 0.6 is 23.2 Å². The lowest BCUT2D eigenvalue weighted by Gasteiger charge is -2.11. The fraction of sp³-hybridized carbons (Fsp3) is 0.0667. The fourth-order valence-corrected chi connectivity index (χ4v) is 2.18. The maximum absolute atomic E-state index is 12.2. The molecule has 0 aromatic heterocycles. The summed E-state index contributed by atoms with van der Waals surface area (Å²) in [5, 5.41) is 0.567. The molecule has 0 aliphatic carbocycles. The van der Waals surface area contributed by atoms with Crippen molar-refractivity contribution in [2.75, 3.05) is 7.11 Å². The van der Waals surface area contributed by atoms with Crippen LogP contribution in [0.4, 0.5) is 0 Å². The molecule has 0 atom stereocenters. The highest BCUT2D eigenvalue weighted by Crippen LogP contribution is 2.31. The van der Waals surface area contributed by atoms with Gasteiger partial charge in [0.05, 0.1) is 23.3 Å². The van der Waals surface area contributed by atoms with Gasteiger partial charge in [0, 0.05) is 5.02 Å². The summed E-state index contributed by atoms with van der Waals surface area (Å²) in [5.41, 5.74) is 0.344. The Bertz CT molecular complexity index is 698. The molecule has 0 N–H and O–H groups in total. The predicted molar refractivity (Wildman–Crippen MR) is 79.8 cm³/mol. The quantitative estimate of drug-likeness (QED) is 0.484. The Morgan fingerprint density at radius 2 is 1.95 bits per heavy atom. The number of benzene rings is 2. The normalized spacial score (nSPS) is 10.0. The minimum Gasteiger partial charge on any atom is -0.493 e. The van der Waals surface area contributed by atoms with E-state index in [1.54, 1.807) is 12.1 Å². The molecule has 108 valence electrons. The predicted octanol–water partition coefficient (Wildman–Crippen LogP) is 4.03. The number of halogens is 2. The van der Waals surface area contributed by atoms with E-state index >= 15 is 0 Å². The molecule has 21 heavy (non-hydrogen) atoms. The molecule has 6 heteroatoms. The zero-order valence-electron chi connectivity index (χ0n) is 10.9. The average molecular weight is 325 g/mol. The maximum Gasteiger partial charge on any atom is 0.345 e. The van der Waals surface area contributed by atoms with Crippen LogP contribution in [0.3, 0.4) is 0 Å². The van der Waals surface area contributed by atoms with Gasteiger partial charge >= 0.3 is 5.97 Å². The third kappa shape index (κ3) is 3.35. The second kappa shape index (κ2) is 6.61. The van der Waals surface area contributed by atoms with Crippen molar-refractivity contribution in [3.8, 4) is 11.5 Å². The van der Waals surface area contributed by atoms with Gasteiger partial charge in [-0.25, -0.2) is 4.79 Å². The van der Waals surface area contributed by atoms with Crippen LogP contribution in [0.1, 0.15) is 20.7 Å². The van der Waals surface area contributed by atoms with E-state index in [1.807, 2.05) is 0 Å². The number of carbonyl (C=O) groups excluding carboxylic acids is 2. The molecule has 0 radical (unpaired) electrons. The van der Waals surface area contributed by atoms with E-state index in [9.17, 15) is 9.59 Å². The summed E-state index contributed by atoms with van der Waals surface area (Å²) >= 11 is 11.7. The van der Waals surface area contributed by atoms with Crippen molar-refractivity contribution in [2.24, 2.45) is 0 Å². The third-order valence-electron chi connectivity index (χ3n) is 2.70. The molecule has 0 bridgehead atoms. The second-order valence-corrected chi connectivity index (χ2v) is 4.85. The number of hydrogen-bond acceptors (Lipinski definition) is 4. The number of hydrogen-bond donors (Lipinski definition) is 0. The summed E-state index contributed by atoms with van der Waals surface area (Å²) in [5.74, 6) is -0.381. The number of aldehydes is 1. The van der Waals surface area contributed by atoms with E-state index in [-0.39, 0.29) is 27.6 Å². The van der Waals surface area contributed by atoms with Gasteiger partial charge in [-0.05, 0) is 30.3 Å². The molecule has 0 aliphatic rings. The lowest BCUT2D eigenvalue weighted by atomic mass is 10.2. The molecule has 0 saturated carbocycles. The summed E-state index contributed by atoms with van der Waals surface area (Å²) in [7, 11) is 1.41. The van der Waals surface area contributed by atoms with Gasteiger partial charge in [-0.1, -0.05) is 29.3 Å². The highest BCUT2D eigenvalue weighted by molar-refractivity contribution is 6.36.